The van der Waals surface area contributed by atoms with Gasteiger partial charge >= 0.3 is 5.97 Å². The van der Waals surface area contributed by atoms with Gasteiger partial charge in [-0.05, 0) is 45.1 Å². The molecule has 1 atom stereocenters. The summed E-state index contributed by atoms with van der Waals surface area (Å²) in [5.74, 6) is 0.0110. The van der Waals surface area contributed by atoms with Crippen LogP contribution in [-0.4, -0.2) is 42.7 Å². The summed E-state index contributed by atoms with van der Waals surface area (Å²) in [6.45, 7) is 2.56. The lowest BCUT2D eigenvalue weighted by Crippen LogP contribution is -2.37. The second kappa shape index (κ2) is 6.25. The van der Waals surface area contributed by atoms with Crippen LogP contribution in [0.1, 0.15) is 12.5 Å². The van der Waals surface area contributed by atoms with E-state index in [-0.39, 0.29) is 0 Å². The second-order valence-corrected chi connectivity index (χ2v) is 4.10. The zero-order chi connectivity index (χ0) is 12.8. The number of hydrogen-bond donors (Lipinski definition) is 1. The van der Waals surface area contributed by atoms with Crippen molar-refractivity contribution in [2.75, 3.05) is 20.7 Å². The van der Waals surface area contributed by atoms with Gasteiger partial charge in [0.25, 0.3) is 0 Å². The molecule has 1 N–H and O–H groups in total. The monoisotopic (exact) mass is 237 g/mol. The summed E-state index contributed by atoms with van der Waals surface area (Å²) in [5, 5.41) is 9.08. The van der Waals surface area contributed by atoms with Crippen LogP contribution in [0.4, 0.5) is 0 Å². The van der Waals surface area contributed by atoms with Gasteiger partial charge in [0, 0.05) is 0 Å². The van der Waals surface area contributed by atoms with E-state index in [0.29, 0.717) is 13.0 Å². The number of carboxylic acid groups (broad SMARTS) is 1. The molecule has 0 heterocycles. The zero-order valence-corrected chi connectivity index (χ0v) is 10.5. The highest BCUT2D eigenvalue weighted by Crippen LogP contribution is 2.14. The standard InChI is InChI=1S/C13H19NO3/c1-4-17-11-7-5-10(6-8-11)9-12(13(15)16)14(2)3/h5-8,12H,4,9H2,1-3H3,(H,15,16). The molecule has 0 aliphatic carbocycles. The van der Waals surface area contributed by atoms with E-state index in [1.165, 1.54) is 0 Å². The highest BCUT2D eigenvalue weighted by molar-refractivity contribution is 5.73. The number of benzene rings is 1. The average molecular weight is 237 g/mol. The Morgan fingerprint density at radius 3 is 2.35 bits per heavy atom. The van der Waals surface area contributed by atoms with E-state index in [1.807, 2.05) is 31.2 Å². The number of carboxylic acids is 1. The predicted molar refractivity (Wildman–Crippen MR) is 66.4 cm³/mol. The molecular weight excluding hydrogens is 218 g/mol. The molecule has 0 radical (unpaired) electrons. The molecule has 0 aromatic heterocycles. The molecule has 0 fully saturated rings. The molecule has 0 spiro atoms. The van der Waals surface area contributed by atoms with Crippen molar-refractivity contribution in [3.63, 3.8) is 0 Å². The molecule has 0 bridgehead atoms. The average Bonchev–Trinajstić information content (AvgIpc) is 2.27. The lowest BCUT2D eigenvalue weighted by atomic mass is 10.1. The van der Waals surface area contributed by atoms with Gasteiger partial charge in [-0.15, -0.1) is 0 Å². The third-order valence-electron chi connectivity index (χ3n) is 2.57. The molecule has 0 saturated carbocycles. The van der Waals surface area contributed by atoms with Gasteiger partial charge in [-0.2, -0.15) is 0 Å². The van der Waals surface area contributed by atoms with Crippen molar-refractivity contribution in [3.05, 3.63) is 29.8 Å². The minimum absolute atomic E-state index is 0.493. The van der Waals surface area contributed by atoms with Crippen LogP contribution in [0, 0.1) is 0 Å². The largest absolute Gasteiger partial charge is 0.494 e. The molecule has 1 aromatic carbocycles. The first-order valence-corrected chi connectivity index (χ1v) is 5.65. The molecule has 1 unspecified atom stereocenters. The summed E-state index contributed by atoms with van der Waals surface area (Å²) in [5.41, 5.74) is 0.995. The SMILES string of the molecule is CCOc1ccc(CC(C(=O)O)N(C)C)cc1. The molecule has 94 valence electrons. The van der Waals surface area contributed by atoms with Gasteiger partial charge in [-0.3, -0.25) is 9.69 Å². The highest BCUT2D eigenvalue weighted by atomic mass is 16.5. The van der Waals surface area contributed by atoms with Crippen LogP contribution < -0.4 is 4.74 Å². The number of carbonyl (C=O) groups is 1. The first-order valence-electron chi connectivity index (χ1n) is 5.65. The summed E-state index contributed by atoms with van der Waals surface area (Å²) in [6.07, 6.45) is 0.495. The first kappa shape index (κ1) is 13.5. The molecule has 0 aliphatic rings. The van der Waals surface area contributed by atoms with Crippen molar-refractivity contribution in [1.82, 2.24) is 4.90 Å². The molecule has 0 aliphatic heterocycles. The van der Waals surface area contributed by atoms with Gasteiger partial charge in [0.15, 0.2) is 0 Å². The summed E-state index contributed by atoms with van der Waals surface area (Å²) < 4.78 is 5.33. The van der Waals surface area contributed by atoms with Crippen LogP contribution in [-0.2, 0) is 11.2 Å². The number of ether oxygens (including phenoxy) is 1. The molecule has 0 amide bonds. The van der Waals surface area contributed by atoms with Gasteiger partial charge in [-0.1, -0.05) is 12.1 Å². The molecule has 4 nitrogen and oxygen atoms in total. The quantitative estimate of drug-likeness (QED) is 0.817. The van der Waals surface area contributed by atoms with Crippen LogP contribution in [0.25, 0.3) is 0 Å². The normalized spacial score (nSPS) is 12.5. The van der Waals surface area contributed by atoms with Crippen molar-refractivity contribution in [2.24, 2.45) is 0 Å². The minimum atomic E-state index is -0.802. The minimum Gasteiger partial charge on any atom is -0.494 e. The number of nitrogens with zero attached hydrogens (tertiary/aromatic N) is 1. The summed E-state index contributed by atoms with van der Waals surface area (Å²) >= 11 is 0. The fourth-order valence-electron chi connectivity index (χ4n) is 1.60. The van der Waals surface area contributed by atoms with Gasteiger partial charge < -0.3 is 9.84 Å². The lowest BCUT2D eigenvalue weighted by Gasteiger charge is -2.19. The van der Waals surface area contributed by atoms with E-state index in [2.05, 4.69) is 0 Å². The molecule has 1 rings (SSSR count). The van der Waals surface area contributed by atoms with Crippen molar-refractivity contribution in [3.8, 4) is 5.75 Å². The van der Waals surface area contributed by atoms with Gasteiger partial charge in [-0.25, -0.2) is 0 Å². The van der Waals surface area contributed by atoms with E-state index in [9.17, 15) is 4.79 Å². The van der Waals surface area contributed by atoms with E-state index >= 15 is 0 Å². The molecule has 1 aromatic rings. The Morgan fingerprint density at radius 2 is 1.94 bits per heavy atom. The van der Waals surface area contributed by atoms with Gasteiger partial charge in [0.1, 0.15) is 11.8 Å². The Labute approximate surface area is 102 Å². The van der Waals surface area contributed by atoms with E-state index in [4.69, 9.17) is 9.84 Å². The smallest absolute Gasteiger partial charge is 0.321 e. The Hall–Kier alpha value is -1.55. The predicted octanol–water partition coefficient (Wildman–Crippen LogP) is 1.64. The number of hydrogen-bond acceptors (Lipinski definition) is 3. The van der Waals surface area contributed by atoms with Crippen LogP contribution in [0.15, 0.2) is 24.3 Å². The van der Waals surface area contributed by atoms with Crippen molar-refractivity contribution in [2.45, 2.75) is 19.4 Å². The summed E-state index contributed by atoms with van der Waals surface area (Å²) in [7, 11) is 3.54. The van der Waals surface area contributed by atoms with Crippen LogP contribution in [0.2, 0.25) is 0 Å². The Morgan fingerprint density at radius 1 is 1.35 bits per heavy atom. The first-order chi connectivity index (χ1) is 8.04. The van der Waals surface area contributed by atoms with Crippen molar-refractivity contribution >= 4 is 5.97 Å². The third kappa shape index (κ3) is 4.07. The fraction of sp³-hybridized carbons (Fsp3) is 0.462. The molecule has 4 heteroatoms. The topological polar surface area (TPSA) is 49.8 Å². The number of aliphatic carboxylic acids is 1. The number of likely N-dealkylation sites (N-methyl/N-ethyl adjacent to an activating group) is 1. The van der Waals surface area contributed by atoms with Crippen molar-refractivity contribution < 1.29 is 14.6 Å². The Kier molecular flexibility index (Phi) is 4.97. The maximum Gasteiger partial charge on any atom is 0.321 e. The fourth-order valence-corrected chi connectivity index (χ4v) is 1.60. The lowest BCUT2D eigenvalue weighted by molar-refractivity contribution is -0.142. The van der Waals surface area contributed by atoms with E-state index in [0.717, 1.165) is 11.3 Å². The van der Waals surface area contributed by atoms with Crippen LogP contribution in [0.5, 0.6) is 5.75 Å². The van der Waals surface area contributed by atoms with E-state index < -0.39 is 12.0 Å². The number of rotatable bonds is 6. The maximum atomic E-state index is 11.0. The van der Waals surface area contributed by atoms with Gasteiger partial charge in [0.2, 0.25) is 0 Å². The van der Waals surface area contributed by atoms with Crippen LogP contribution in [0.3, 0.4) is 0 Å². The molecule has 17 heavy (non-hydrogen) atoms. The maximum absolute atomic E-state index is 11.0. The Balaban J connectivity index is 2.70. The second-order valence-electron chi connectivity index (χ2n) is 4.10. The third-order valence-corrected chi connectivity index (χ3v) is 2.57. The zero-order valence-electron chi connectivity index (χ0n) is 10.5. The van der Waals surface area contributed by atoms with Crippen LogP contribution >= 0.6 is 0 Å². The summed E-state index contributed by atoms with van der Waals surface area (Å²) in [6, 6.07) is 7.06. The molecule has 0 saturated heterocycles. The van der Waals surface area contributed by atoms with E-state index in [1.54, 1.807) is 19.0 Å². The van der Waals surface area contributed by atoms with Gasteiger partial charge in [0.05, 0.1) is 6.61 Å². The van der Waals surface area contributed by atoms with Crippen molar-refractivity contribution in [1.29, 1.82) is 0 Å². The Bertz CT molecular complexity index is 359. The summed E-state index contributed by atoms with van der Waals surface area (Å²) in [4.78, 5) is 12.8. The molecular formula is C13H19NO3. The highest BCUT2D eigenvalue weighted by Gasteiger charge is 2.19.